The van der Waals surface area contributed by atoms with Gasteiger partial charge >= 0.3 is 0 Å². The SMILES string of the molecule is On1c([C@H]2[B]CCC2)nc2c1CCCc1cc(-c3ccc(-c4cnc([C@@H]5CCCN5)[nH]4)cc3)ccc1-2. The summed E-state index contributed by atoms with van der Waals surface area (Å²) in [6.45, 7) is 1.07. The van der Waals surface area contributed by atoms with E-state index in [9.17, 15) is 5.21 Å². The Balaban J connectivity index is 1.17. The monoisotopic (exact) mass is 476 g/mol. The van der Waals surface area contributed by atoms with Crippen molar-refractivity contribution in [3.8, 4) is 33.6 Å². The molecule has 0 unspecified atom stereocenters. The molecule has 0 bridgehead atoms. The molecule has 4 heterocycles. The van der Waals surface area contributed by atoms with E-state index in [1.807, 2.05) is 6.20 Å². The minimum absolute atomic E-state index is 0.267. The van der Waals surface area contributed by atoms with Crippen LogP contribution in [0.4, 0.5) is 0 Å². The van der Waals surface area contributed by atoms with Crippen molar-refractivity contribution >= 4 is 7.28 Å². The molecule has 181 valence electrons. The average molecular weight is 476 g/mol. The van der Waals surface area contributed by atoms with Crippen molar-refractivity contribution in [2.24, 2.45) is 0 Å². The van der Waals surface area contributed by atoms with Crippen LogP contribution < -0.4 is 5.32 Å². The van der Waals surface area contributed by atoms with Crippen molar-refractivity contribution in [2.45, 2.75) is 63.1 Å². The van der Waals surface area contributed by atoms with Gasteiger partial charge in [-0.15, -0.1) is 0 Å². The average Bonchev–Trinajstić information content (AvgIpc) is 3.71. The summed E-state index contributed by atoms with van der Waals surface area (Å²) >= 11 is 0. The van der Waals surface area contributed by atoms with E-state index in [1.165, 1.54) is 39.8 Å². The Hall–Kier alpha value is -3.32. The van der Waals surface area contributed by atoms with Crippen LogP contribution in [0.3, 0.4) is 0 Å². The Morgan fingerprint density at radius 1 is 0.944 bits per heavy atom. The van der Waals surface area contributed by atoms with Crippen LogP contribution in [-0.4, -0.2) is 38.7 Å². The number of nitrogens with one attached hydrogen (secondary N) is 2. The second-order valence-electron chi connectivity index (χ2n) is 10.5. The summed E-state index contributed by atoms with van der Waals surface area (Å²) in [4.78, 5) is 13.1. The van der Waals surface area contributed by atoms with Crippen LogP contribution in [-0.2, 0) is 12.8 Å². The summed E-state index contributed by atoms with van der Waals surface area (Å²) in [5.41, 5.74) is 9.06. The first-order valence-corrected chi connectivity index (χ1v) is 13.4. The Kier molecular flexibility index (Phi) is 5.46. The molecule has 4 aromatic rings. The minimum Gasteiger partial charge on any atom is -0.427 e. The fourth-order valence-electron chi connectivity index (χ4n) is 6.23. The van der Waals surface area contributed by atoms with Gasteiger partial charge in [0.15, 0.2) is 0 Å². The van der Waals surface area contributed by atoms with E-state index in [0.717, 1.165) is 79.3 Å². The summed E-state index contributed by atoms with van der Waals surface area (Å²) < 4.78 is 1.40. The first kappa shape index (κ1) is 21.9. The fourth-order valence-corrected chi connectivity index (χ4v) is 6.23. The summed E-state index contributed by atoms with van der Waals surface area (Å²) in [6.07, 6.45) is 10.5. The van der Waals surface area contributed by atoms with E-state index >= 15 is 0 Å². The summed E-state index contributed by atoms with van der Waals surface area (Å²) in [5, 5.41) is 14.4. The van der Waals surface area contributed by atoms with Crippen LogP contribution in [0.2, 0.25) is 6.32 Å². The largest absolute Gasteiger partial charge is 0.427 e. The molecule has 36 heavy (non-hydrogen) atoms. The van der Waals surface area contributed by atoms with Gasteiger partial charge in [-0.1, -0.05) is 61.6 Å². The van der Waals surface area contributed by atoms with E-state index in [2.05, 4.69) is 65.0 Å². The Bertz CT molecular complexity index is 1390. The van der Waals surface area contributed by atoms with Crippen molar-refractivity contribution < 1.29 is 5.21 Å². The number of hydrogen-bond acceptors (Lipinski definition) is 4. The predicted octanol–water partition coefficient (Wildman–Crippen LogP) is 5.72. The Morgan fingerprint density at radius 3 is 2.61 bits per heavy atom. The highest BCUT2D eigenvalue weighted by molar-refractivity contribution is 6.38. The highest BCUT2D eigenvalue weighted by Crippen LogP contribution is 2.38. The van der Waals surface area contributed by atoms with Crippen molar-refractivity contribution in [1.29, 1.82) is 0 Å². The Labute approximate surface area is 212 Å². The Morgan fingerprint density at radius 2 is 1.81 bits per heavy atom. The third-order valence-electron chi connectivity index (χ3n) is 8.21. The maximum absolute atomic E-state index is 10.9. The van der Waals surface area contributed by atoms with Crippen LogP contribution in [0, 0.1) is 0 Å². The number of imidazole rings is 2. The van der Waals surface area contributed by atoms with E-state index in [4.69, 9.17) is 4.98 Å². The lowest BCUT2D eigenvalue weighted by Crippen LogP contribution is -2.14. The van der Waals surface area contributed by atoms with Crippen LogP contribution in [0.15, 0.2) is 48.7 Å². The number of benzene rings is 2. The number of aromatic nitrogens is 4. The van der Waals surface area contributed by atoms with E-state index in [1.54, 1.807) is 0 Å². The second kappa shape index (κ2) is 8.97. The molecule has 0 amide bonds. The summed E-state index contributed by atoms with van der Waals surface area (Å²) in [6, 6.07) is 15.8. The number of hydrogen-bond donors (Lipinski definition) is 3. The zero-order valence-corrected chi connectivity index (χ0v) is 20.5. The lowest BCUT2D eigenvalue weighted by Gasteiger charge is -2.10. The minimum atomic E-state index is 0.267. The molecule has 2 atom stereocenters. The molecule has 2 saturated heterocycles. The lowest BCUT2D eigenvalue weighted by atomic mass is 9.67. The van der Waals surface area contributed by atoms with E-state index in [-0.39, 0.29) is 5.82 Å². The van der Waals surface area contributed by atoms with Crippen LogP contribution in [0.1, 0.15) is 66.9 Å². The lowest BCUT2D eigenvalue weighted by molar-refractivity contribution is 0.165. The molecule has 1 aliphatic carbocycles. The third kappa shape index (κ3) is 3.77. The molecule has 1 radical (unpaired) electrons. The first-order chi connectivity index (χ1) is 17.7. The topological polar surface area (TPSA) is 78.8 Å². The van der Waals surface area contributed by atoms with Gasteiger partial charge in [0.1, 0.15) is 18.9 Å². The molecule has 7 rings (SSSR count). The number of aryl methyl sites for hydroxylation is 1. The molecular weight excluding hydrogens is 445 g/mol. The van der Waals surface area contributed by atoms with Gasteiger partial charge < -0.3 is 15.5 Å². The maximum Gasteiger partial charge on any atom is 0.140 e. The van der Waals surface area contributed by atoms with Crippen molar-refractivity contribution in [2.75, 3.05) is 6.54 Å². The van der Waals surface area contributed by atoms with E-state index in [0.29, 0.717) is 6.04 Å². The first-order valence-electron chi connectivity index (χ1n) is 13.4. The zero-order chi connectivity index (χ0) is 24.1. The summed E-state index contributed by atoms with van der Waals surface area (Å²) in [7, 11) is 2.30. The smallest absolute Gasteiger partial charge is 0.140 e. The van der Waals surface area contributed by atoms with Gasteiger partial charge in [-0.3, -0.25) is 0 Å². The van der Waals surface area contributed by atoms with Gasteiger partial charge in [0, 0.05) is 5.56 Å². The van der Waals surface area contributed by atoms with E-state index < -0.39 is 0 Å². The highest BCUT2D eigenvalue weighted by Gasteiger charge is 2.29. The molecule has 2 aliphatic heterocycles. The second-order valence-corrected chi connectivity index (χ2v) is 10.5. The number of aromatic amines is 1. The molecule has 7 heteroatoms. The van der Waals surface area contributed by atoms with Crippen LogP contribution in [0.25, 0.3) is 33.6 Å². The zero-order valence-electron chi connectivity index (χ0n) is 20.5. The molecule has 3 aliphatic rings. The number of H-pyrrole nitrogens is 1. The number of nitrogens with zero attached hydrogens (tertiary/aromatic N) is 3. The molecule has 0 spiro atoms. The standard InChI is InChI=1S/C29H31BN5O/c36-35-26-7-1-4-21-16-20(12-13-22(21)27(26)34-29(35)23-5-2-14-30-23)18-8-10-19(11-9-18)25-17-32-28(33-25)24-6-3-15-31-24/h8-13,16-17,23-24,31,36H,1-7,14-15H2,(H,32,33)/t23-,24-/m0/s1. The quantitative estimate of drug-likeness (QED) is 0.260. The van der Waals surface area contributed by atoms with Gasteiger partial charge in [-0.25, -0.2) is 9.97 Å². The van der Waals surface area contributed by atoms with Crippen LogP contribution in [0.5, 0.6) is 0 Å². The summed E-state index contributed by atoms with van der Waals surface area (Å²) in [5.74, 6) is 2.12. The number of fused-ring (bicyclic) bond motifs is 3. The third-order valence-corrected chi connectivity index (χ3v) is 8.21. The normalized spacial score (nSPS) is 21.1. The van der Waals surface area contributed by atoms with Crippen molar-refractivity contribution in [3.05, 3.63) is 71.6 Å². The molecule has 2 fully saturated rings. The molecular formula is C29H31BN5O. The molecule has 2 aromatic carbocycles. The van der Waals surface area contributed by atoms with Gasteiger partial charge in [-0.2, -0.15) is 4.73 Å². The molecule has 2 aromatic heterocycles. The fraction of sp³-hybridized carbons (Fsp3) is 0.379. The molecule has 6 nitrogen and oxygen atoms in total. The predicted molar refractivity (Wildman–Crippen MR) is 142 cm³/mol. The maximum atomic E-state index is 10.9. The molecule has 3 N–H and O–H groups in total. The van der Waals surface area contributed by atoms with Crippen LogP contribution >= 0.6 is 0 Å². The van der Waals surface area contributed by atoms with Crippen molar-refractivity contribution in [3.63, 3.8) is 0 Å². The molecule has 0 saturated carbocycles. The number of rotatable bonds is 4. The van der Waals surface area contributed by atoms with Gasteiger partial charge in [0.25, 0.3) is 0 Å². The van der Waals surface area contributed by atoms with Gasteiger partial charge in [0.2, 0.25) is 0 Å². The van der Waals surface area contributed by atoms with Gasteiger partial charge in [-0.05, 0) is 66.7 Å². The van der Waals surface area contributed by atoms with Gasteiger partial charge in [0.05, 0.1) is 29.3 Å². The van der Waals surface area contributed by atoms with Crippen molar-refractivity contribution in [1.82, 2.24) is 25.0 Å². The highest BCUT2D eigenvalue weighted by atomic mass is 16.5.